The van der Waals surface area contributed by atoms with Gasteiger partial charge in [-0.25, -0.2) is 8.42 Å². The van der Waals surface area contributed by atoms with E-state index in [-0.39, 0.29) is 23.8 Å². The monoisotopic (exact) mass is 555 g/mol. The summed E-state index contributed by atoms with van der Waals surface area (Å²) in [5, 5.41) is 2.69. The lowest BCUT2D eigenvalue weighted by atomic mass is 10.0. The molecule has 0 saturated heterocycles. The number of hydrogen-bond acceptors (Lipinski definition) is 4. The zero-order valence-corrected chi connectivity index (χ0v) is 23.4. The molecule has 206 valence electrons. The highest BCUT2D eigenvalue weighted by molar-refractivity contribution is 7.92. The van der Waals surface area contributed by atoms with Crippen molar-refractivity contribution in [2.24, 2.45) is 0 Å². The van der Waals surface area contributed by atoms with Crippen LogP contribution in [0.2, 0.25) is 0 Å². The minimum atomic E-state index is -4.10. The number of carbonyl (C=O) groups is 2. The molecule has 1 N–H and O–H groups in total. The maximum Gasteiger partial charge on any atom is 0.264 e. The fourth-order valence-electron chi connectivity index (χ4n) is 4.58. The zero-order chi connectivity index (χ0) is 28.5. The van der Waals surface area contributed by atoms with Crippen LogP contribution in [-0.2, 0) is 32.6 Å². The number of para-hydroxylation sites is 1. The van der Waals surface area contributed by atoms with Crippen LogP contribution in [0.25, 0.3) is 0 Å². The van der Waals surface area contributed by atoms with Gasteiger partial charge < -0.3 is 10.2 Å². The van der Waals surface area contributed by atoms with Crippen LogP contribution in [-0.4, -0.2) is 44.8 Å². The molecular weight excluding hydrogens is 522 g/mol. The van der Waals surface area contributed by atoms with Gasteiger partial charge in [0.1, 0.15) is 12.6 Å². The third-order valence-corrected chi connectivity index (χ3v) is 8.48. The van der Waals surface area contributed by atoms with E-state index >= 15 is 0 Å². The third kappa shape index (κ3) is 6.76. The first-order chi connectivity index (χ1) is 19.3. The number of nitrogens with zero attached hydrogens (tertiary/aromatic N) is 2. The smallest absolute Gasteiger partial charge is 0.264 e. The number of nitrogens with one attached hydrogen (secondary N) is 1. The first kappa shape index (κ1) is 28.6. The second kappa shape index (κ2) is 13.1. The number of aryl methyl sites for hydroxylation is 1. The second-order valence-electron chi connectivity index (χ2n) is 9.44. The molecule has 0 bridgehead atoms. The van der Waals surface area contributed by atoms with Gasteiger partial charge in [-0.15, -0.1) is 0 Å². The Morgan fingerprint density at radius 3 is 1.85 bits per heavy atom. The van der Waals surface area contributed by atoms with Gasteiger partial charge in [0.25, 0.3) is 10.0 Å². The minimum absolute atomic E-state index is 0.0767. The fourth-order valence-corrected chi connectivity index (χ4v) is 6.08. The van der Waals surface area contributed by atoms with Crippen LogP contribution in [0.5, 0.6) is 0 Å². The molecule has 0 aromatic heterocycles. The van der Waals surface area contributed by atoms with Gasteiger partial charge in [0, 0.05) is 20.0 Å². The fraction of sp³-hybridized carbons (Fsp3) is 0.188. The number of carbonyl (C=O) groups excluding carboxylic acids is 2. The van der Waals surface area contributed by atoms with E-state index < -0.39 is 28.5 Å². The summed E-state index contributed by atoms with van der Waals surface area (Å²) >= 11 is 0. The number of likely N-dealkylation sites (N-methyl/N-ethyl adjacent to an activating group) is 1. The van der Waals surface area contributed by atoms with E-state index in [2.05, 4.69) is 5.32 Å². The molecule has 0 aliphatic carbocycles. The summed E-state index contributed by atoms with van der Waals surface area (Å²) in [5.74, 6) is -0.822. The van der Waals surface area contributed by atoms with Gasteiger partial charge in [0.05, 0.1) is 10.6 Å². The second-order valence-corrected chi connectivity index (χ2v) is 11.3. The molecule has 2 amide bonds. The average Bonchev–Trinajstić information content (AvgIpc) is 2.99. The predicted octanol–water partition coefficient (Wildman–Crippen LogP) is 4.58. The Morgan fingerprint density at radius 2 is 1.27 bits per heavy atom. The highest BCUT2D eigenvalue weighted by Crippen LogP contribution is 2.27. The van der Waals surface area contributed by atoms with Crippen molar-refractivity contribution >= 4 is 27.5 Å². The van der Waals surface area contributed by atoms with Crippen LogP contribution >= 0.6 is 0 Å². The number of sulfonamides is 1. The molecule has 0 aliphatic heterocycles. The standard InChI is InChI=1S/C32H33N3O4S/c1-25-14-12-13-21-29(25)35(40(38,39)28-19-10-5-11-20-28)24-31(36)34(23-27-17-8-4-9-18-27)30(32(37)33-2)22-26-15-6-3-7-16-26/h3-21,30H,22-24H2,1-2H3,(H,33,37)/t30-/m1/s1. The van der Waals surface area contributed by atoms with E-state index in [4.69, 9.17) is 0 Å². The molecule has 0 unspecified atom stereocenters. The summed E-state index contributed by atoms with van der Waals surface area (Å²) in [6.45, 7) is 1.46. The van der Waals surface area contributed by atoms with Crippen molar-refractivity contribution in [1.29, 1.82) is 0 Å². The van der Waals surface area contributed by atoms with Crippen LogP contribution in [0.15, 0.2) is 120 Å². The molecule has 1 atom stereocenters. The molecule has 8 heteroatoms. The first-order valence-corrected chi connectivity index (χ1v) is 14.5. The van der Waals surface area contributed by atoms with Gasteiger partial charge in [-0.3, -0.25) is 13.9 Å². The zero-order valence-electron chi connectivity index (χ0n) is 22.6. The number of anilines is 1. The Hall–Kier alpha value is -4.43. The van der Waals surface area contributed by atoms with E-state index in [0.29, 0.717) is 11.3 Å². The van der Waals surface area contributed by atoms with E-state index in [1.165, 1.54) is 24.1 Å². The van der Waals surface area contributed by atoms with Gasteiger partial charge in [-0.1, -0.05) is 97.1 Å². The van der Waals surface area contributed by atoms with Gasteiger partial charge in [-0.05, 0) is 41.8 Å². The van der Waals surface area contributed by atoms with Crippen LogP contribution in [0.3, 0.4) is 0 Å². The SMILES string of the molecule is CNC(=O)[C@@H](Cc1ccccc1)N(Cc1ccccc1)C(=O)CN(c1ccccc1C)S(=O)(=O)c1ccccc1. The molecule has 0 radical (unpaired) electrons. The molecule has 0 saturated carbocycles. The Morgan fingerprint density at radius 1 is 0.750 bits per heavy atom. The summed E-state index contributed by atoms with van der Waals surface area (Å²) < 4.78 is 29.0. The Balaban J connectivity index is 1.78. The van der Waals surface area contributed by atoms with Crippen LogP contribution in [0, 0.1) is 6.92 Å². The Kier molecular flexibility index (Phi) is 9.35. The van der Waals surface area contributed by atoms with Gasteiger partial charge >= 0.3 is 0 Å². The quantitative estimate of drug-likeness (QED) is 0.294. The number of rotatable bonds is 11. The lowest BCUT2D eigenvalue weighted by Crippen LogP contribution is -2.53. The van der Waals surface area contributed by atoms with Gasteiger partial charge in [0.2, 0.25) is 11.8 Å². The summed E-state index contributed by atoms with van der Waals surface area (Å²) in [5.41, 5.74) is 2.82. The summed E-state index contributed by atoms with van der Waals surface area (Å²) in [7, 11) is -2.57. The number of hydrogen-bond donors (Lipinski definition) is 1. The van der Waals surface area contributed by atoms with Crippen LogP contribution in [0.1, 0.15) is 16.7 Å². The predicted molar refractivity (Wildman–Crippen MR) is 157 cm³/mol. The normalized spacial score (nSPS) is 11.8. The topological polar surface area (TPSA) is 86.8 Å². The summed E-state index contributed by atoms with van der Waals surface area (Å²) in [4.78, 5) is 29.0. The number of amides is 2. The van der Waals surface area contributed by atoms with Crippen LogP contribution < -0.4 is 9.62 Å². The van der Waals surface area contributed by atoms with E-state index in [1.807, 2.05) is 66.7 Å². The van der Waals surface area contributed by atoms with Gasteiger partial charge in [0.15, 0.2) is 0 Å². The molecule has 0 heterocycles. The summed E-state index contributed by atoms with van der Waals surface area (Å²) in [6, 6.07) is 33.1. The average molecular weight is 556 g/mol. The van der Waals surface area contributed by atoms with E-state index in [1.54, 1.807) is 43.3 Å². The molecule has 7 nitrogen and oxygen atoms in total. The molecule has 4 aromatic rings. The van der Waals surface area contributed by atoms with E-state index in [9.17, 15) is 18.0 Å². The summed E-state index contributed by atoms with van der Waals surface area (Å²) in [6.07, 6.45) is 0.273. The van der Waals surface area contributed by atoms with Crippen LogP contribution in [0.4, 0.5) is 5.69 Å². The van der Waals surface area contributed by atoms with Crippen molar-refractivity contribution in [3.8, 4) is 0 Å². The maximum atomic E-state index is 14.2. The van der Waals surface area contributed by atoms with Crippen molar-refractivity contribution in [3.63, 3.8) is 0 Å². The molecule has 40 heavy (non-hydrogen) atoms. The number of benzene rings is 4. The first-order valence-electron chi connectivity index (χ1n) is 13.0. The minimum Gasteiger partial charge on any atom is -0.357 e. The Bertz CT molecular complexity index is 1530. The molecule has 0 spiro atoms. The Labute approximate surface area is 236 Å². The van der Waals surface area contributed by atoms with Crippen molar-refractivity contribution in [2.45, 2.75) is 30.8 Å². The molecule has 0 fully saturated rings. The van der Waals surface area contributed by atoms with Crippen molar-refractivity contribution in [1.82, 2.24) is 10.2 Å². The largest absolute Gasteiger partial charge is 0.357 e. The lowest BCUT2D eigenvalue weighted by Gasteiger charge is -2.34. The van der Waals surface area contributed by atoms with Gasteiger partial charge in [-0.2, -0.15) is 0 Å². The lowest BCUT2D eigenvalue weighted by molar-refractivity contribution is -0.139. The van der Waals surface area contributed by atoms with E-state index in [0.717, 1.165) is 15.4 Å². The molecule has 4 aromatic carbocycles. The van der Waals surface area contributed by atoms with Crippen molar-refractivity contribution in [2.75, 3.05) is 17.9 Å². The third-order valence-electron chi connectivity index (χ3n) is 6.71. The van der Waals surface area contributed by atoms with Crippen molar-refractivity contribution in [3.05, 3.63) is 132 Å². The highest BCUT2D eigenvalue weighted by Gasteiger charge is 2.34. The maximum absolute atomic E-state index is 14.2. The molecule has 4 rings (SSSR count). The van der Waals surface area contributed by atoms with Crippen molar-refractivity contribution < 1.29 is 18.0 Å². The molecule has 0 aliphatic rings. The highest BCUT2D eigenvalue weighted by atomic mass is 32.2. The molecular formula is C32H33N3O4S.